The zero-order chi connectivity index (χ0) is 12.4. The molecule has 0 aliphatic rings. The summed E-state index contributed by atoms with van der Waals surface area (Å²) in [6, 6.07) is 13.6. The normalized spacial score (nSPS) is 10.0. The Hall–Kier alpha value is -0.130. The van der Waals surface area contributed by atoms with Crippen molar-refractivity contribution in [1.29, 1.82) is 0 Å². The van der Waals surface area contributed by atoms with Crippen molar-refractivity contribution in [3.63, 3.8) is 0 Å². The molecule has 0 aliphatic heterocycles. The second-order valence-corrected chi connectivity index (χ2v) is 6.13. The Bertz CT molecular complexity index is 497. The second-order valence-electron chi connectivity index (χ2n) is 4.72. The van der Waals surface area contributed by atoms with Crippen molar-refractivity contribution in [3.8, 4) is 0 Å². The summed E-state index contributed by atoms with van der Waals surface area (Å²) in [6.45, 7) is 8.70. The fourth-order valence-electron chi connectivity index (χ4n) is 1.81. The largest absolute Gasteiger partial charge is 0.0591 e. The smallest absolute Gasteiger partial charge is 0 e. The molecule has 0 heterocycles. The minimum Gasteiger partial charge on any atom is -0.0591 e. The maximum absolute atomic E-state index is 2.31. The van der Waals surface area contributed by atoms with Gasteiger partial charge in [-0.3, -0.25) is 0 Å². The molecule has 1 radical (unpaired) electrons. The van der Waals surface area contributed by atoms with Crippen molar-refractivity contribution in [3.05, 3.63) is 58.7 Å². The van der Waals surface area contributed by atoms with Crippen LogP contribution in [-0.4, -0.2) is 29.6 Å². The van der Waals surface area contributed by atoms with E-state index in [9.17, 15) is 0 Å². The quantitative estimate of drug-likeness (QED) is 0.578. The van der Waals surface area contributed by atoms with E-state index in [1.807, 2.05) is 0 Å². The average Bonchev–Trinajstić information content (AvgIpc) is 2.29. The van der Waals surface area contributed by atoms with Crippen molar-refractivity contribution in [1.82, 2.24) is 0 Å². The molecule has 0 aromatic heterocycles. The van der Waals surface area contributed by atoms with E-state index in [0.29, 0.717) is 0 Å². The molecule has 0 amide bonds. The summed E-state index contributed by atoms with van der Waals surface area (Å²) in [6.07, 6.45) is 0. The van der Waals surface area contributed by atoms with Gasteiger partial charge in [0.05, 0.1) is 0 Å². The van der Waals surface area contributed by atoms with Crippen LogP contribution in [0.2, 0.25) is 0 Å². The van der Waals surface area contributed by atoms with Crippen LogP contribution in [0.4, 0.5) is 0 Å². The van der Waals surface area contributed by atoms with Gasteiger partial charge in [0, 0.05) is 29.6 Å². The van der Waals surface area contributed by atoms with Crippen LogP contribution in [0, 0.1) is 27.7 Å². The third-order valence-electron chi connectivity index (χ3n) is 3.30. The first-order chi connectivity index (χ1) is 8.06. The predicted molar refractivity (Wildman–Crippen MR) is 85.2 cm³/mol. The average molecular weight is 265 g/mol. The summed E-state index contributed by atoms with van der Waals surface area (Å²) in [5.74, 6) is 0. The van der Waals surface area contributed by atoms with Gasteiger partial charge >= 0.3 is 0 Å². The van der Waals surface area contributed by atoms with Crippen molar-refractivity contribution in [2.75, 3.05) is 0 Å². The van der Waals surface area contributed by atoms with Gasteiger partial charge in [-0.2, -0.15) is 0 Å². The van der Waals surface area contributed by atoms with E-state index in [0.717, 1.165) is 8.58 Å². The Morgan fingerprint density at radius 2 is 1.00 bits per heavy atom. The topological polar surface area (TPSA) is 0 Å². The maximum Gasteiger partial charge on any atom is 0 e. The molecule has 0 fully saturated rings. The van der Waals surface area contributed by atoms with Crippen molar-refractivity contribution in [2.45, 2.75) is 27.7 Å². The molecule has 2 aromatic rings. The molecule has 0 spiro atoms. The van der Waals surface area contributed by atoms with Gasteiger partial charge in [-0.25, -0.2) is 0 Å². The third kappa shape index (κ3) is 3.93. The molecule has 2 rings (SSSR count). The number of benzene rings is 2. The Kier molecular flexibility index (Phi) is 6.08. The summed E-state index contributed by atoms with van der Waals surface area (Å²) in [4.78, 5) is 0. The van der Waals surface area contributed by atoms with Crippen LogP contribution in [0.1, 0.15) is 22.3 Å². The van der Waals surface area contributed by atoms with Crippen molar-refractivity contribution < 1.29 is 0 Å². The number of hydrogen-bond acceptors (Lipinski definition) is 0. The number of rotatable bonds is 2. The summed E-state index contributed by atoms with van der Waals surface area (Å²) in [5.41, 5.74) is 5.52. The van der Waals surface area contributed by atoms with Gasteiger partial charge in [-0.05, 0) is 60.6 Å². The Morgan fingerprint density at radius 1 is 0.611 bits per heavy atom. The molecular formula is C16H19NaP. The van der Waals surface area contributed by atoms with Crippen LogP contribution >= 0.6 is 8.58 Å². The zero-order valence-electron chi connectivity index (χ0n) is 12.0. The Morgan fingerprint density at radius 3 is 1.33 bits per heavy atom. The second kappa shape index (κ2) is 6.87. The van der Waals surface area contributed by atoms with Crippen LogP contribution in [0.15, 0.2) is 36.4 Å². The van der Waals surface area contributed by atoms with Crippen LogP contribution in [0.5, 0.6) is 0 Å². The van der Waals surface area contributed by atoms with E-state index in [4.69, 9.17) is 0 Å². The fraction of sp³-hybridized carbons (Fsp3) is 0.250. The molecule has 0 unspecified atom stereocenters. The molecule has 0 bridgehead atoms. The fourth-order valence-corrected chi connectivity index (χ4v) is 3.05. The minimum atomic E-state index is 0. The summed E-state index contributed by atoms with van der Waals surface area (Å²) in [7, 11) is 0.762. The van der Waals surface area contributed by atoms with E-state index in [1.165, 1.54) is 32.9 Å². The van der Waals surface area contributed by atoms with Gasteiger partial charge in [0.1, 0.15) is 0 Å². The van der Waals surface area contributed by atoms with Gasteiger partial charge in [0.15, 0.2) is 0 Å². The van der Waals surface area contributed by atoms with Crippen molar-refractivity contribution >= 4 is 48.7 Å². The molecule has 0 atom stereocenters. The van der Waals surface area contributed by atoms with Crippen LogP contribution in [0.3, 0.4) is 0 Å². The monoisotopic (exact) mass is 265 g/mol. The van der Waals surface area contributed by atoms with Gasteiger partial charge in [0.25, 0.3) is 0 Å². The minimum absolute atomic E-state index is 0. The molecule has 2 heteroatoms. The van der Waals surface area contributed by atoms with Crippen molar-refractivity contribution in [2.24, 2.45) is 0 Å². The number of hydrogen-bond donors (Lipinski definition) is 0. The predicted octanol–water partition coefficient (Wildman–Crippen LogP) is 3.17. The molecule has 0 N–H and O–H groups in total. The summed E-state index contributed by atoms with van der Waals surface area (Å²) < 4.78 is 0. The first-order valence-corrected chi connectivity index (χ1v) is 6.98. The SMILES string of the molecule is Cc1ccc(Pc2ccc(C)c(C)c2)cc1C.[Na]. The molecule has 0 nitrogen and oxygen atoms in total. The van der Waals surface area contributed by atoms with Gasteiger partial charge < -0.3 is 0 Å². The standard InChI is InChI=1S/C16H19P.Na/c1-11-5-7-15(9-13(11)3)17-16-8-6-12(2)14(4)10-16;/h5-10,17H,1-4H3;. The molecule has 2 aromatic carbocycles. The van der Waals surface area contributed by atoms with E-state index in [1.54, 1.807) is 0 Å². The van der Waals surface area contributed by atoms with Crippen LogP contribution in [0.25, 0.3) is 0 Å². The summed E-state index contributed by atoms with van der Waals surface area (Å²) >= 11 is 0. The molecule has 0 aliphatic carbocycles. The Labute approximate surface area is 134 Å². The Balaban J connectivity index is 0.00000162. The van der Waals surface area contributed by atoms with Crippen LogP contribution in [-0.2, 0) is 0 Å². The first kappa shape index (κ1) is 15.9. The van der Waals surface area contributed by atoms with E-state index >= 15 is 0 Å². The summed E-state index contributed by atoms with van der Waals surface area (Å²) in [5, 5.41) is 2.85. The number of aryl methyl sites for hydroxylation is 4. The van der Waals surface area contributed by atoms with Crippen LogP contribution < -0.4 is 10.6 Å². The van der Waals surface area contributed by atoms with Gasteiger partial charge in [-0.15, -0.1) is 0 Å². The molecule has 0 saturated carbocycles. The van der Waals surface area contributed by atoms with Gasteiger partial charge in [0.2, 0.25) is 0 Å². The maximum atomic E-state index is 2.31. The molecular weight excluding hydrogens is 246 g/mol. The molecule has 0 saturated heterocycles. The third-order valence-corrected chi connectivity index (χ3v) is 4.50. The molecule has 89 valence electrons. The van der Waals surface area contributed by atoms with E-state index in [2.05, 4.69) is 64.1 Å². The van der Waals surface area contributed by atoms with Gasteiger partial charge in [-0.1, -0.05) is 45.0 Å². The van der Waals surface area contributed by atoms with E-state index in [-0.39, 0.29) is 29.6 Å². The van der Waals surface area contributed by atoms with E-state index < -0.39 is 0 Å². The molecule has 18 heavy (non-hydrogen) atoms. The zero-order valence-corrected chi connectivity index (χ0v) is 15.0. The first-order valence-electron chi connectivity index (χ1n) is 5.98.